The molecule has 0 radical (unpaired) electrons. The van der Waals surface area contributed by atoms with E-state index in [1.54, 1.807) is 0 Å². The van der Waals surface area contributed by atoms with Crippen LogP contribution in [0.4, 0.5) is 0 Å². The number of halogens is 1. The summed E-state index contributed by atoms with van der Waals surface area (Å²) in [5.74, 6) is 0. The average molecular weight is 344 g/mol. The molecule has 106 valence electrons. The lowest BCUT2D eigenvalue weighted by atomic mass is 9.98. The Bertz CT molecular complexity index is 409. The van der Waals surface area contributed by atoms with Gasteiger partial charge in [-0.25, -0.2) is 0 Å². The highest BCUT2D eigenvalue weighted by atomic mass is 79.9. The van der Waals surface area contributed by atoms with Crippen molar-refractivity contribution < 1.29 is 5.11 Å². The highest BCUT2D eigenvalue weighted by Crippen LogP contribution is 2.40. The summed E-state index contributed by atoms with van der Waals surface area (Å²) in [5.41, 5.74) is -0.0683. The summed E-state index contributed by atoms with van der Waals surface area (Å²) in [6.45, 7) is 4.53. The topological polar surface area (TPSA) is 32.3 Å². The second kappa shape index (κ2) is 6.61. The summed E-state index contributed by atoms with van der Waals surface area (Å²) in [7, 11) is 0. The van der Waals surface area contributed by atoms with Crippen molar-refractivity contribution in [3.05, 3.63) is 28.7 Å². The van der Waals surface area contributed by atoms with Crippen LogP contribution < -0.4 is 5.32 Å². The maximum absolute atomic E-state index is 9.71. The van der Waals surface area contributed by atoms with Crippen LogP contribution in [0, 0.1) is 0 Å². The van der Waals surface area contributed by atoms with Crippen LogP contribution in [0.1, 0.15) is 33.1 Å². The molecule has 0 spiro atoms. The molecule has 2 rings (SSSR count). The normalized spacial score (nSPS) is 27.1. The highest BCUT2D eigenvalue weighted by molar-refractivity contribution is 9.10. The maximum Gasteiger partial charge on any atom is 0.0613 e. The fourth-order valence-electron chi connectivity index (χ4n) is 2.82. The molecule has 1 aliphatic rings. The van der Waals surface area contributed by atoms with Gasteiger partial charge in [-0.05, 0) is 43.5 Å². The Hall–Kier alpha value is -0.0300. The van der Waals surface area contributed by atoms with E-state index in [1.807, 2.05) is 11.8 Å². The molecule has 1 aromatic rings. The third-order valence-electron chi connectivity index (χ3n) is 3.58. The van der Waals surface area contributed by atoms with Gasteiger partial charge in [0.15, 0.2) is 0 Å². The van der Waals surface area contributed by atoms with Crippen molar-refractivity contribution in [3.63, 3.8) is 0 Å². The van der Waals surface area contributed by atoms with Gasteiger partial charge in [0.1, 0.15) is 0 Å². The van der Waals surface area contributed by atoms with E-state index in [9.17, 15) is 5.11 Å². The van der Waals surface area contributed by atoms with E-state index in [0.29, 0.717) is 11.3 Å². The lowest BCUT2D eigenvalue weighted by molar-refractivity contribution is 0.156. The second-order valence-electron chi connectivity index (χ2n) is 5.67. The summed E-state index contributed by atoms with van der Waals surface area (Å²) in [6.07, 6.45) is 3.28. The third kappa shape index (κ3) is 4.22. The molecule has 2 atom stereocenters. The van der Waals surface area contributed by atoms with Crippen LogP contribution in [0.25, 0.3) is 0 Å². The zero-order chi connectivity index (χ0) is 13.9. The van der Waals surface area contributed by atoms with Gasteiger partial charge in [-0.3, -0.25) is 0 Å². The van der Waals surface area contributed by atoms with E-state index >= 15 is 0 Å². The first-order chi connectivity index (χ1) is 9.03. The first kappa shape index (κ1) is 15.4. The largest absolute Gasteiger partial charge is 0.394 e. The van der Waals surface area contributed by atoms with Crippen molar-refractivity contribution in [2.75, 3.05) is 6.61 Å². The van der Waals surface area contributed by atoms with Crippen LogP contribution in [-0.4, -0.2) is 28.5 Å². The number of benzene rings is 1. The molecule has 0 bridgehead atoms. The molecule has 2 nitrogen and oxygen atoms in total. The minimum absolute atomic E-state index is 0.0683. The number of thioether (sulfide) groups is 1. The molecule has 0 heterocycles. The standard InChI is InChI=1S/C15H22BrNOS/c1-11(2)17-15(10-18)8-7-14(9-15)19-13-5-3-12(16)4-6-13/h3-6,11,14,17-18H,7-10H2,1-2H3. The first-order valence-electron chi connectivity index (χ1n) is 6.84. The number of rotatable bonds is 5. The van der Waals surface area contributed by atoms with E-state index in [4.69, 9.17) is 0 Å². The number of aliphatic hydroxyl groups excluding tert-OH is 1. The van der Waals surface area contributed by atoms with E-state index in [-0.39, 0.29) is 12.1 Å². The quantitative estimate of drug-likeness (QED) is 0.852. The van der Waals surface area contributed by atoms with Gasteiger partial charge >= 0.3 is 0 Å². The van der Waals surface area contributed by atoms with Gasteiger partial charge in [0.2, 0.25) is 0 Å². The van der Waals surface area contributed by atoms with Gasteiger partial charge in [-0.15, -0.1) is 11.8 Å². The van der Waals surface area contributed by atoms with Gasteiger partial charge in [0, 0.05) is 26.2 Å². The Labute approximate surface area is 128 Å². The molecule has 0 aromatic heterocycles. The fraction of sp³-hybridized carbons (Fsp3) is 0.600. The van der Waals surface area contributed by atoms with Crippen LogP contribution in [0.15, 0.2) is 33.6 Å². The van der Waals surface area contributed by atoms with Crippen molar-refractivity contribution in [1.29, 1.82) is 0 Å². The van der Waals surface area contributed by atoms with Gasteiger partial charge in [0.25, 0.3) is 0 Å². The highest BCUT2D eigenvalue weighted by Gasteiger charge is 2.39. The molecule has 1 aliphatic carbocycles. The third-order valence-corrected chi connectivity index (χ3v) is 5.39. The predicted molar refractivity (Wildman–Crippen MR) is 85.7 cm³/mol. The SMILES string of the molecule is CC(C)NC1(CO)CCC(Sc2ccc(Br)cc2)C1. The monoisotopic (exact) mass is 343 g/mol. The molecule has 1 saturated carbocycles. The fourth-order valence-corrected chi connectivity index (χ4v) is 4.40. The summed E-state index contributed by atoms with van der Waals surface area (Å²) >= 11 is 5.39. The summed E-state index contributed by atoms with van der Waals surface area (Å²) in [5, 5.41) is 13.9. The molecule has 0 amide bonds. The first-order valence-corrected chi connectivity index (χ1v) is 8.51. The molecule has 0 saturated heterocycles. The molecule has 1 fully saturated rings. The smallest absolute Gasteiger partial charge is 0.0613 e. The van der Waals surface area contributed by atoms with Gasteiger partial charge in [0.05, 0.1) is 6.61 Å². The molecule has 0 aliphatic heterocycles. The van der Waals surface area contributed by atoms with Crippen molar-refractivity contribution in [2.24, 2.45) is 0 Å². The maximum atomic E-state index is 9.71. The molecule has 4 heteroatoms. The molecule has 2 unspecified atom stereocenters. The molecular formula is C15H22BrNOS. The lowest BCUT2D eigenvalue weighted by Gasteiger charge is -2.31. The number of hydrogen-bond donors (Lipinski definition) is 2. The van der Waals surface area contributed by atoms with E-state index in [1.165, 1.54) is 11.3 Å². The number of hydrogen-bond acceptors (Lipinski definition) is 3. The summed E-state index contributed by atoms with van der Waals surface area (Å²) in [4.78, 5) is 1.31. The average Bonchev–Trinajstić information content (AvgIpc) is 2.75. The molecule has 2 N–H and O–H groups in total. The number of nitrogens with one attached hydrogen (secondary N) is 1. The Morgan fingerprint density at radius 3 is 2.68 bits per heavy atom. The second-order valence-corrected chi connectivity index (χ2v) is 7.96. The van der Waals surface area contributed by atoms with Gasteiger partial charge < -0.3 is 10.4 Å². The van der Waals surface area contributed by atoms with E-state index in [0.717, 1.165) is 17.3 Å². The predicted octanol–water partition coefficient (Wildman–Crippen LogP) is 3.82. The zero-order valence-electron chi connectivity index (χ0n) is 11.5. The minimum Gasteiger partial charge on any atom is -0.394 e. The van der Waals surface area contributed by atoms with E-state index < -0.39 is 0 Å². The Morgan fingerprint density at radius 1 is 1.42 bits per heavy atom. The molecule has 19 heavy (non-hydrogen) atoms. The Kier molecular flexibility index (Phi) is 5.35. The van der Waals surface area contributed by atoms with E-state index in [2.05, 4.69) is 59.4 Å². The zero-order valence-corrected chi connectivity index (χ0v) is 13.9. The van der Waals surface area contributed by atoms with Gasteiger partial charge in [-0.1, -0.05) is 29.8 Å². The molecule has 1 aromatic carbocycles. The summed E-state index contributed by atoms with van der Waals surface area (Å²) in [6, 6.07) is 8.91. The Balaban J connectivity index is 1.95. The summed E-state index contributed by atoms with van der Waals surface area (Å²) < 4.78 is 1.12. The van der Waals surface area contributed by atoms with Crippen molar-refractivity contribution >= 4 is 27.7 Å². The Morgan fingerprint density at radius 2 is 2.11 bits per heavy atom. The van der Waals surface area contributed by atoms with Crippen LogP contribution in [0.3, 0.4) is 0 Å². The van der Waals surface area contributed by atoms with Crippen LogP contribution in [0.5, 0.6) is 0 Å². The van der Waals surface area contributed by atoms with Crippen molar-refractivity contribution in [1.82, 2.24) is 5.32 Å². The minimum atomic E-state index is -0.0683. The van der Waals surface area contributed by atoms with Gasteiger partial charge in [-0.2, -0.15) is 0 Å². The number of aliphatic hydroxyl groups is 1. The van der Waals surface area contributed by atoms with Crippen LogP contribution in [0.2, 0.25) is 0 Å². The van der Waals surface area contributed by atoms with Crippen LogP contribution >= 0.6 is 27.7 Å². The van der Waals surface area contributed by atoms with Crippen molar-refractivity contribution in [2.45, 2.75) is 54.8 Å². The lowest BCUT2D eigenvalue weighted by Crippen LogP contribution is -2.49. The van der Waals surface area contributed by atoms with Crippen molar-refractivity contribution in [3.8, 4) is 0 Å². The van der Waals surface area contributed by atoms with Crippen LogP contribution in [-0.2, 0) is 0 Å². The molecular weight excluding hydrogens is 322 g/mol.